The molecule has 8 heteroatoms. The van der Waals surface area contributed by atoms with Gasteiger partial charge in [0.15, 0.2) is 9.74 Å². The van der Waals surface area contributed by atoms with Crippen LogP contribution < -0.4 is 5.73 Å². The van der Waals surface area contributed by atoms with Crippen molar-refractivity contribution in [2.75, 3.05) is 12.9 Å². The monoisotopic (exact) mass is 233 g/mol. The molecule has 0 aliphatic heterocycles. The average molecular weight is 233 g/mol. The van der Waals surface area contributed by atoms with E-state index in [-0.39, 0.29) is 0 Å². The second-order valence-electron chi connectivity index (χ2n) is 1.55. The lowest BCUT2D eigenvalue weighted by Crippen LogP contribution is -2.32. The van der Waals surface area contributed by atoms with Crippen molar-refractivity contribution < 1.29 is 17.9 Å². The number of thiol groups is 3. The number of rotatable bonds is 2. The summed E-state index contributed by atoms with van der Waals surface area (Å²) in [6.07, 6.45) is 0. The highest BCUT2D eigenvalue weighted by atomic mass is 33.1. The normalized spacial score (nSPS) is 11.4. The van der Waals surface area contributed by atoms with Crippen LogP contribution in [0.15, 0.2) is 0 Å². The summed E-state index contributed by atoms with van der Waals surface area (Å²) in [5.74, 6) is -0.0906. The van der Waals surface area contributed by atoms with Gasteiger partial charge in [-0.15, -0.1) is 0 Å². The maximum absolute atomic E-state index is 10.3. The molecule has 0 saturated carbocycles. The van der Waals surface area contributed by atoms with Gasteiger partial charge in [-0.3, -0.25) is 4.79 Å². The Morgan fingerprint density at radius 1 is 1.67 bits per heavy atom. The highest BCUT2D eigenvalue weighted by Gasteiger charge is 2.09. The number of ether oxygens (including phenoxy) is 1. The van der Waals surface area contributed by atoms with Crippen molar-refractivity contribution >= 4 is 40.0 Å². The maximum atomic E-state index is 10.3. The summed E-state index contributed by atoms with van der Waals surface area (Å²) in [5.41, 5.74) is 5.18. The van der Waals surface area contributed by atoms with Crippen LogP contribution in [-0.4, -0.2) is 33.3 Å². The third-order valence-electron chi connectivity index (χ3n) is 0.701. The summed E-state index contributed by atoms with van der Waals surface area (Å²) in [4.78, 5) is 10.3. The predicted octanol–water partition coefficient (Wildman–Crippen LogP) is -1.14. The lowest BCUT2D eigenvalue weighted by atomic mass is 10.4. The lowest BCUT2D eigenvalue weighted by molar-refractivity contribution is -0.141. The molecular formula is C4H11NO4S3. The molecule has 0 saturated heterocycles. The first-order valence-electron chi connectivity index (χ1n) is 2.73. The largest absolute Gasteiger partial charge is 0.468 e. The molecule has 0 radical (unpaired) electrons. The van der Waals surface area contributed by atoms with E-state index in [4.69, 9.17) is 14.2 Å². The smallest absolute Gasteiger partial charge is 0.323 e. The molecule has 0 bridgehead atoms. The van der Waals surface area contributed by atoms with E-state index in [9.17, 15) is 4.79 Å². The first-order chi connectivity index (χ1) is 5.45. The summed E-state index contributed by atoms with van der Waals surface area (Å²) >= 11 is 6.70. The molecule has 0 aromatic carbocycles. The Balaban J connectivity index is 0. The van der Waals surface area contributed by atoms with Crippen molar-refractivity contribution in [2.45, 2.75) is 6.04 Å². The van der Waals surface area contributed by atoms with Crippen molar-refractivity contribution in [2.24, 2.45) is 5.73 Å². The van der Waals surface area contributed by atoms with Gasteiger partial charge >= 0.3 is 5.97 Å². The van der Waals surface area contributed by atoms with Crippen molar-refractivity contribution in [1.82, 2.24) is 0 Å². The van der Waals surface area contributed by atoms with Crippen LogP contribution >= 0.6 is 24.3 Å². The fourth-order valence-corrected chi connectivity index (χ4v) is 0.375. The van der Waals surface area contributed by atoms with Gasteiger partial charge in [0.2, 0.25) is 0 Å². The summed E-state index contributed by atoms with van der Waals surface area (Å²) in [6.45, 7) is 0. The number of nitrogens with two attached hydrogens (primary N) is 1. The van der Waals surface area contributed by atoms with Gasteiger partial charge in [0, 0.05) is 5.75 Å². The summed E-state index contributed by atoms with van der Waals surface area (Å²) in [7, 11) is -1.13. The van der Waals surface area contributed by atoms with Crippen LogP contribution in [0.5, 0.6) is 0 Å². The van der Waals surface area contributed by atoms with Crippen LogP contribution in [0.3, 0.4) is 0 Å². The van der Waals surface area contributed by atoms with Crippen LogP contribution in [0, 0.1) is 0 Å². The van der Waals surface area contributed by atoms with Crippen molar-refractivity contribution in [3.63, 3.8) is 0 Å². The minimum atomic E-state index is -2.43. The zero-order chi connectivity index (χ0) is 10.1. The van der Waals surface area contributed by atoms with Crippen LogP contribution in [0.2, 0.25) is 0 Å². The third kappa shape index (κ3) is 12.7. The zero-order valence-corrected chi connectivity index (χ0v) is 9.02. The van der Waals surface area contributed by atoms with Gasteiger partial charge in [0.05, 0.1) is 7.11 Å². The molecule has 0 amide bonds. The molecule has 0 aromatic heterocycles. The fraction of sp³-hybridized carbons (Fsp3) is 0.750. The Bertz CT molecular complexity index is 185. The summed E-state index contributed by atoms with van der Waals surface area (Å²) in [5, 5.41) is 0. The lowest BCUT2D eigenvalue weighted by Gasteiger charge is -2.02. The second-order valence-corrected chi connectivity index (χ2v) is 3.37. The Morgan fingerprint density at radius 2 is 2.00 bits per heavy atom. The van der Waals surface area contributed by atoms with Crippen LogP contribution in [0.25, 0.3) is 0 Å². The molecular weight excluding hydrogens is 222 g/mol. The molecule has 0 aliphatic rings. The number of carbonyl (C=O) groups excluding carboxylic acids is 1. The molecule has 0 rings (SSSR count). The van der Waals surface area contributed by atoms with E-state index in [1.807, 2.05) is 0 Å². The van der Waals surface area contributed by atoms with Gasteiger partial charge in [-0.05, 0) is 0 Å². The molecule has 0 heterocycles. The zero-order valence-electron chi connectivity index (χ0n) is 6.34. The quantitative estimate of drug-likeness (QED) is 0.275. The summed E-state index contributed by atoms with van der Waals surface area (Å²) < 4.78 is 22.1. The summed E-state index contributed by atoms with van der Waals surface area (Å²) in [6, 6.07) is -0.580. The third-order valence-corrected chi connectivity index (χ3v) is 1.09. The molecule has 0 aromatic rings. The van der Waals surface area contributed by atoms with Crippen LogP contribution in [0.1, 0.15) is 0 Å². The Kier molecular flexibility index (Phi) is 11.2. The maximum Gasteiger partial charge on any atom is 0.323 e. The van der Waals surface area contributed by atoms with E-state index < -0.39 is 21.7 Å². The fourth-order valence-electron chi connectivity index (χ4n) is 0.226. The molecule has 1 atom stereocenters. The molecule has 74 valence electrons. The first-order valence-corrected chi connectivity index (χ1v) is 5.69. The average Bonchev–Trinajstić information content (AvgIpc) is 2.00. The Morgan fingerprint density at radius 3 is 2.08 bits per heavy atom. The minimum absolute atomic E-state index is 0.326. The number of methoxy groups -OCH3 is 1. The molecule has 0 spiro atoms. The molecule has 2 N–H and O–H groups in total. The molecule has 12 heavy (non-hydrogen) atoms. The highest BCUT2D eigenvalue weighted by molar-refractivity contribution is 8.54. The van der Waals surface area contributed by atoms with Crippen LogP contribution in [0.4, 0.5) is 0 Å². The number of hydrogen-bond donors (Lipinski definition) is 4. The Hall–Kier alpha value is 0.0800. The second kappa shape index (κ2) is 9.17. The van der Waals surface area contributed by atoms with E-state index in [0.29, 0.717) is 5.75 Å². The molecule has 0 unspecified atom stereocenters. The van der Waals surface area contributed by atoms with Crippen molar-refractivity contribution in [3.8, 4) is 0 Å². The predicted molar refractivity (Wildman–Crippen MR) is 53.1 cm³/mol. The van der Waals surface area contributed by atoms with E-state index in [1.165, 1.54) is 7.11 Å². The minimum Gasteiger partial charge on any atom is -0.468 e. The van der Waals surface area contributed by atoms with Gasteiger partial charge in [0.1, 0.15) is 6.04 Å². The van der Waals surface area contributed by atoms with E-state index >= 15 is 0 Å². The van der Waals surface area contributed by atoms with Crippen molar-refractivity contribution in [1.29, 1.82) is 0 Å². The molecule has 0 fully saturated rings. The van der Waals surface area contributed by atoms with E-state index in [1.54, 1.807) is 0 Å². The number of hydrogen-bond acceptors (Lipinski definition) is 6. The van der Waals surface area contributed by atoms with Gasteiger partial charge in [-0.1, -0.05) is 11.7 Å². The van der Waals surface area contributed by atoms with Gasteiger partial charge in [0.25, 0.3) is 0 Å². The van der Waals surface area contributed by atoms with E-state index in [2.05, 4.69) is 29.0 Å². The SMILES string of the molecule is COC(=O)[C@@H](N)CS.O=[SH](=O)S. The molecule has 5 nitrogen and oxygen atoms in total. The first kappa shape index (κ1) is 14.6. The standard InChI is InChI=1S/C4H9NO2S.H2O2S2/c1-7-4(6)3(5)2-8;1-4(2)3/h3,8H,2,5H2,1H3;4H,(H,1,2,3)/t3-;/m0./s1. The van der Waals surface area contributed by atoms with Gasteiger partial charge in [-0.25, -0.2) is 8.42 Å². The van der Waals surface area contributed by atoms with Crippen molar-refractivity contribution in [3.05, 3.63) is 0 Å². The Labute approximate surface area is 82.8 Å². The topological polar surface area (TPSA) is 86.5 Å². The van der Waals surface area contributed by atoms with Crippen LogP contribution in [-0.2, 0) is 19.3 Å². The van der Waals surface area contributed by atoms with E-state index in [0.717, 1.165) is 0 Å². The van der Waals surface area contributed by atoms with Gasteiger partial charge in [-0.2, -0.15) is 12.6 Å². The highest BCUT2D eigenvalue weighted by Crippen LogP contribution is 1.84. The van der Waals surface area contributed by atoms with Gasteiger partial charge < -0.3 is 10.5 Å². The number of esters is 1. The molecule has 0 aliphatic carbocycles. The number of carbonyl (C=O) groups is 1.